The Balaban J connectivity index is 1.73. The summed E-state index contributed by atoms with van der Waals surface area (Å²) in [5, 5.41) is 0. The molecule has 0 aliphatic carbocycles. The standard InChI is InChI=1S/C15H20N4/c1-12(16)10-13-2-4-14(5-3-13)19-9-8-18-7-6-17-15(18)11-19/h2-7,12H,8-11,16H2,1H3. The quantitative estimate of drug-likeness (QED) is 0.911. The largest absolute Gasteiger partial charge is 0.362 e. The lowest BCUT2D eigenvalue weighted by Crippen LogP contribution is -2.33. The van der Waals surface area contributed by atoms with Gasteiger partial charge in [-0.25, -0.2) is 4.98 Å². The zero-order valence-corrected chi connectivity index (χ0v) is 11.3. The summed E-state index contributed by atoms with van der Waals surface area (Å²) in [5.41, 5.74) is 8.39. The molecule has 100 valence electrons. The van der Waals surface area contributed by atoms with Gasteiger partial charge in [0, 0.05) is 37.2 Å². The highest BCUT2D eigenvalue weighted by Gasteiger charge is 2.16. The van der Waals surface area contributed by atoms with Gasteiger partial charge in [-0.3, -0.25) is 0 Å². The molecule has 1 atom stereocenters. The summed E-state index contributed by atoms with van der Waals surface area (Å²) >= 11 is 0. The summed E-state index contributed by atoms with van der Waals surface area (Å²) in [4.78, 5) is 6.77. The number of imidazole rings is 1. The number of fused-ring (bicyclic) bond motifs is 1. The van der Waals surface area contributed by atoms with E-state index in [1.54, 1.807) is 0 Å². The van der Waals surface area contributed by atoms with Crippen LogP contribution in [0.4, 0.5) is 5.69 Å². The highest BCUT2D eigenvalue weighted by Crippen LogP contribution is 2.21. The lowest BCUT2D eigenvalue weighted by molar-refractivity contribution is 0.560. The lowest BCUT2D eigenvalue weighted by Gasteiger charge is -2.29. The molecule has 1 aromatic heterocycles. The number of anilines is 1. The molecular weight excluding hydrogens is 236 g/mol. The molecule has 0 amide bonds. The van der Waals surface area contributed by atoms with E-state index in [0.717, 1.165) is 31.9 Å². The van der Waals surface area contributed by atoms with Gasteiger partial charge in [-0.2, -0.15) is 0 Å². The van der Waals surface area contributed by atoms with E-state index in [0.29, 0.717) is 0 Å². The maximum Gasteiger partial charge on any atom is 0.128 e. The summed E-state index contributed by atoms with van der Waals surface area (Å²) in [7, 11) is 0. The van der Waals surface area contributed by atoms with E-state index in [9.17, 15) is 0 Å². The van der Waals surface area contributed by atoms with Crippen LogP contribution in [0.25, 0.3) is 0 Å². The van der Waals surface area contributed by atoms with Crippen LogP contribution >= 0.6 is 0 Å². The molecule has 3 rings (SSSR count). The molecule has 1 unspecified atom stereocenters. The van der Waals surface area contributed by atoms with Crippen LogP contribution in [0.5, 0.6) is 0 Å². The summed E-state index contributed by atoms with van der Waals surface area (Å²) in [6.45, 7) is 4.98. The SMILES string of the molecule is CC(N)Cc1ccc(N2CCn3ccnc3C2)cc1. The van der Waals surface area contributed by atoms with Gasteiger partial charge in [0.25, 0.3) is 0 Å². The van der Waals surface area contributed by atoms with Crippen LogP contribution in [-0.2, 0) is 19.5 Å². The number of nitrogens with two attached hydrogens (primary N) is 1. The third-order valence-electron chi connectivity index (χ3n) is 3.60. The summed E-state index contributed by atoms with van der Waals surface area (Å²) in [6, 6.07) is 8.96. The third kappa shape index (κ3) is 2.63. The van der Waals surface area contributed by atoms with Gasteiger partial charge in [-0.15, -0.1) is 0 Å². The van der Waals surface area contributed by atoms with Crippen LogP contribution in [0, 0.1) is 0 Å². The van der Waals surface area contributed by atoms with Crippen LogP contribution in [0.2, 0.25) is 0 Å². The minimum atomic E-state index is 0.216. The van der Waals surface area contributed by atoms with E-state index >= 15 is 0 Å². The molecule has 0 saturated carbocycles. The average molecular weight is 256 g/mol. The molecule has 0 fully saturated rings. The first-order chi connectivity index (χ1) is 9.22. The van der Waals surface area contributed by atoms with Gasteiger partial charge < -0.3 is 15.2 Å². The Morgan fingerprint density at radius 1 is 1.26 bits per heavy atom. The monoisotopic (exact) mass is 256 g/mol. The molecular formula is C15H20N4. The molecule has 2 aromatic rings. The molecule has 0 spiro atoms. The maximum atomic E-state index is 5.83. The first-order valence-corrected chi connectivity index (χ1v) is 6.82. The van der Waals surface area contributed by atoms with Crippen molar-refractivity contribution in [3.63, 3.8) is 0 Å². The smallest absolute Gasteiger partial charge is 0.128 e. The number of rotatable bonds is 3. The van der Waals surface area contributed by atoms with Crippen LogP contribution in [0.1, 0.15) is 18.3 Å². The van der Waals surface area contributed by atoms with Crippen molar-refractivity contribution in [2.75, 3.05) is 11.4 Å². The zero-order chi connectivity index (χ0) is 13.2. The van der Waals surface area contributed by atoms with E-state index in [-0.39, 0.29) is 6.04 Å². The molecule has 1 aliphatic rings. The minimum absolute atomic E-state index is 0.216. The van der Waals surface area contributed by atoms with E-state index in [2.05, 4.69) is 44.9 Å². The zero-order valence-electron chi connectivity index (χ0n) is 11.3. The Labute approximate surface area is 113 Å². The van der Waals surface area contributed by atoms with Crippen molar-refractivity contribution in [1.82, 2.24) is 9.55 Å². The Bertz CT molecular complexity index is 542. The van der Waals surface area contributed by atoms with Crippen molar-refractivity contribution in [1.29, 1.82) is 0 Å². The first-order valence-electron chi connectivity index (χ1n) is 6.82. The predicted molar refractivity (Wildman–Crippen MR) is 77.1 cm³/mol. The molecule has 0 bridgehead atoms. The predicted octanol–water partition coefficient (Wildman–Crippen LogP) is 1.79. The Morgan fingerprint density at radius 3 is 2.79 bits per heavy atom. The van der Waals surface area contributed by atoms with Crippen molar-refractivity contribution in [2.45, 2.75) is 32.5 Å². The van der Waals surface area contributed by atoms with Gasteiger partial charge in [0.15, 0.2) is 0 Å². The minimum Gasteiger partial charge on any atom is -0.362 e. The molecule has 2 N–H and O–H groups in total. The van der Waals surface area contributed by atoms with E-state index in [1.165, 1.54) is 11.3 Å². The average Bonchev–Trinajstić information content (AvgIpc) is 2.86. The molecule has 1 aromatic carbocycles. The van der Waals surface area contributed by atoms with Crippen LogP contribution in [0.15, 0.2) is 36.7 Å². The van der Waals surface area contributed by atoms with Gasteiger partial charge in [-0.1, -0.05) is 12.1 Å². The first kappa shape index (κ1) is 12.2. The fraction of sp³-hybridized carbons (Fsp3) is 0.400. The van der Waals surface area contributed by atoms with Gasteiger partial charge in [0.1, 0.15) is 5.82 Å². The Hall–Kier alpha value is -1.81. The van der Waals surface area contributed by atoms with Gasteiger partial charge in [-0.05, 0) is 31.0 Å². The van der Waals surface area contributed by atoms with Gasteiger partial charge >= 0.3 is 0 Å². The maximum absolute atomic E-state index is 5.83. The van der Waals surface area contributed by atoms with Crippen molar-refractivity contribution < 1.29 is 0 Å². The lowest BCUT2D eigenvalue weighted by atomic mass is 10.1. The molecule has 4 nitrogen and oxygen atoms in total. The fourth-order valence-electron chi connectivity index (χ4n) is 2.61. The number of benzene rings is 1. The second kappa shape index (κ2) is 5.05. The number of hydrogen-bond donors (Lipinski definition) is 1. The topological polar surface area (TPSA) is 47.1 Å². The highest BCUT2D eigenvalue weighted by atomic mass is 15.2. The summed E-state index contributed by atoms with van der Waals surface area (Å²) < 4.78 is 2.22. The van der Waals surface area contributed by atoms with Gasteiger partial charge in [0.2, 0.25) is 0 Å². The number of hydrogen-bond acceptors (Lipinski definition) is 3. The van der Waals surface area contributed by atoms with Gasteiger partial charge in [0.05, 0.1) is 6.54 Å². The van der Waals surface area contributed by atoms with Crippen molar-refractivity contribution in [3.05, 3.63) is 48.0 Å². The fourth-order valence-corrected chi connectivity index (χ4v) is 2.61. The molecule has 19 heavy (non-hydrogen) atoms. The van der Waals surface area contributed by atoms with E-state index < -0.39 is 0 Å². The summed E-state index contributed by atoms with van der Waals surface area (Å²) in [5.74, 6) is 1.14. The normalized spacial score (nSPS) is 16.2. The molecule has 4 heteroatoms. The third-order valence-corrected chi connectivity index (χ3v) is 3.60. The van der Waals surface area contributed by atoms with Crippen LogP contribution in [-0.4, -0.2) is 22.1 Å². The second-order valence-corrected chi connectivity index (χ2v) is 5.31. The van der Waals surface area contributed by atoms with Crippen LogP contribution < -0.4 is 10.6 Å². The van der Waals surface area contributed by atoms with Crippen molar-refractivity contribution in [2.24, 2.45) is 5.73 Å². The van der Waals surface area contributed by atoms with Crippen molar-refractivity contribution >= 4 is 5.69 Å². The number of nitrogens with zero attached hydrogens (tertiary/aromatic N) is 3. The summed E-state index contributed by atoms with van der Waals surface area (Å²) in [6.07, 6.45) is 4.87. The molecule has 1 aliphatic heterocycles. The molecule has 0 saturated heterocycles. The van der Waals surface area contributed by atoms with Crippen molar-refractivity contribution in [3.8, 4) is 0 Å². The number of aromatic nitrogens is 2. The van der Waals surface area contributed by atoms with E-state index in [4.69, 9.17) is 5.73 Å². The second-order valence-electron chi connectivity index (χ2n) is 5.31. The van der Waals surface area contributed by atoms with Crippen LogP contribution in [0.3, 0.4) is 0 Å². The highest BCUT2D eigenvalue weighted by molar-refractivity contribution is 5.48. The molecule has 0 radical (unpaired) electrons. The molecule has 2 heterocycles. The Kier molecular flexibility index (Phi) is 3.25. The van der Waals surface area contributed by atoms with E-state index in [1.807, 2.05) is 13.1 Å². The Morgan fingerprint density at radius 2 is 2.05 bits per heavy atom.